The number of carbonyl (C=O) groups is 1. The number of Topliss-reactive ketones (excluding diaryl/α,β-unsaturated/α-hetero) is 1. The van der Waals surface area contributed by atoms with Crippen molar-refractivity contribution in [2.45, 2.75) is 31.7 Å². The lowest BCUT2D eigenvalue weighted by molar-refractivity contribution is 0.0686. The van der Waals surface area contributed by atoms with E-state index >= 15 is 0 Å². The quantitative estimate of drug-likeness (QED) is 0.397. The Kier molecular flexibility index (Phi) is 6.27. The summed E-state index contributed by atoms with van der Waals surface area (Å²) in [6, 6.07) is 7.24. The van der Waals surface area contributed by atoms with Crippen molar-refractivity contribution in [3.05, 3.63) is 56.6 Å². The van der Waals surface area contributed by atoms with Crippen molar-refractivity contribution < 1.29 is 18.7 Å². The molecule has 1 aromatic carbocycles. The van der Waals surface area contributed by atoms with Gasteiger partial charge in [-0.3, -0.25) is 18.7 Å². The molecule has 11 nitrogen and oxygen atoms in total. The van der Waals surface area contributed by atoms with Crippen molar-refractivity contribution in [1.29, 1.82) is 0 Å². The standard InChI is InChI=1S/C21H23N5O6S/c1-11(2)8-26-17(22)16(19(28)25(3)21(26)29)12(27)10-33-20-24-23-18(32-20)15-9-30-13-6-4-5-7-14(13)31-15/h4-7,11,15H,8-10,22H2,1-3H3. The molecule has 2 N–H and O–H groups in total. The average molecular weight is 474 g/mol. The molecule has 0 bridgehead atoms. The molecule has 1 atom stereocenters. The molecule has 3 heterocycles. The minimum Gasteiger partial charge on any atom is -0.485 e. The van der Waals surface area contributed by atoms with E-state index in [-0.39, 0.29) is 47.3 Å². The maximum absolute atomic E-state index is 12.8. The minimum atomic E-state index is -0.735. The summed E-state index contributed by atoms with van der Waals surface area (Å²) < 4.78 is 19.2. The van der Waals surface area contributed by atoms with E-state index in [2.05, 4.69) is 10.2 Å². The number of thioether (sulfide) groups is 1. The molecule has 174 valence electrons. The first-order valence-corrected chi connectivity index (χ1v) is 11.2. The van der Waals surface area contributed by atoms with E-state index in [4.69, 9.17) is 19.6 Å². The fraction of sp³-hybridized carbons (Fsp3) is 0.381. The lowest BCUT2D eigenvalue weighted by Crippen LogP contribution is -2.43. The zero-order chi connectivity index (χ0) is 23.7. The van der Waals surface area contributed by atoms with Crippen LogP contribution in [-0.2, 0) is 13.6 Å². The van der Waals surface area contributed by atoms with Crippen LogP contribution in [0.2, 0.25) is 0 Å². The van der Waals surface area contributed by atoms with Crippen molar-refractivity contribution >= 4 is 23.4 Å². The Morgan fingerprint density at radius 1 is 1.24 bits per heavy atom. The van der Waals surface area contributed by atoms with Gasteiger partial charge < -0.3 is 19.6 Å². The summed E-state index contributed by atoms with van der Waals surface area (Å²) >= 11 is 0.964. The highest BCUT2D eigenvalue weighted by molar-refractivity contribution is 7.99. The monoisotopic (exact) mass is 473 g/mol. The van der Waals surface area contributed by atoms with E-state index in [0.29, 0.717) is 11.5 Å². The maximum Gasteiger partial charge on any atom is 0.332 e. The van der Waals surface area contributed by atoms with Crippen LogP contribution in [-0.4, -0.2) is 37.5 Å². The third kappa shape index (κ3) is 4.51. The van der Waals surface area contributed by atoms with Crippen molar-refractivity contribution in [2.75, 3.05) is 18.1 Å². The first kappa shape index (κ1) is 22.6. The number of hydrogen-bond acceptors (Lipinski definition) is 10. The first-order chi connectivity index (χ1) is 15.8. The molecular formula is C21H23N5O6S. The molecule has 0 saturated carbocycles. The van der Waals surface area contributed by atoms with E-state index in [1.807, 2.05) is 26.0 Å². The minimum absolute atomic E-state index is 0.0922. The summed E-state index contributed by atoms with van der Waals surface area (Å²) in [5.74, 6) is 0.647. The Bertz CT molecular complexity index is 1310. The van der Waals surface area contributed by atoms with E-state index in [9.17, 15) is 14.4 Å². The van der Waals surface area contributed by atoms with Gasteiger partial charge in [-0.1, -0.05) is 37.7 Å². The summed E-state index contributed by atoms with van der Waals surface area (Å²) in [7, 11) is 1.32. The maximum atomic E-state index is 12.8. The number of rotatable bonds is 7. The van der Waals surface area contributed by atoms with Gasteiger partial charge in [0.25, 0.3) is 16.7 Å². The normalized spacial score (nSPS) is 15.1. The number of aromatic nitrogens is 4. The summed E-state index contributed by atoms with van der Waals surface area (Å²) in [4.78, 5) is 37.8. The predicted molar refractivity (Wildman–Crippen MR) is 120 cm³/mol. The molecule has 0 saturated heterocycles. The Labute approximate surface area is 192 Å². The second kappa shape index (κ2) is 9.14. The van der Waals surface area contributed by atoms with Gasteiger partial charge in [0.05, 0.1) is 5.75 Å². The summed E-state index contributed by atoms with van der Waals surface area (Å²) in [5, 5.41) is 8.05. The Morgan fingerprint density at radius 2 is 1.97 bits per heavy atom. The second-order valence-corrected chi connectivity index (χ2v) is 8.82. The highest BCUT2D eigenvalue weighted by atomic mass is 32.2. The second-order valence-electron chi connectivity index (χ2n) is 7.89. The SMILES string of the molecule is CC(C)Cn1c(N)c(C(=O)CSc2nnc(C3COc4ccccc4O3)o2)c(=O)n(C)c1=O. The highest BCUT2D eigenvalue weighted by Crippen LogP contribution is 2.36. The van der Waals surface area contributed by atoms with E-state index in [0.717, 1.165) is 16.3 Å². The lowest BCUT2D eigenvalue weighted by Gasteiger charge is -2.23. The zero-order valence-electron chi connectivity index (χ0n) is 18.3. The molecule has 2 aromatic heterocycles. The molecule has 0 spiro atoms. The number of para-hydroxylation sites is 2. The van der Waals surface area contributed by atoms with Crippen LogP contribution in [0.4, 0.5) is 5.82 Å². The van der Waals surface area contributed by atoms with Crippen molar-refractivity contribution in [1.82, 2.24) is 19.3 Å². The van der Waals surface area contributed by atoms with E-state index < -0.39 is 23.1 Å². The van der Waals surface area contributed by atoms with Crippen LogP contribution < -0.4 is 26.5 Å². The molecule has 33 heavy (non-hydrogen) atoms. The molecule has 3 aromatic rings. The highest BCUT2D eigenvalue weighted by Gasteiger charge is 2.28. The van der Waals surface area contributed by atoms with Crippen LogP contribution in [0.15, 0.2) is 43.5 Å². The number of nitrogen functional groups attached to an aromatic ring is 1. The molecule has 0 radical (unpaired) electrons. The Balaban J connectivity index is 1.48. The number of hydrogen-bond donors (Lipinski definition) is 1. The zero-order valence-corrected chi connectivity index (χ0v) is 19.1. The van der Waals surface area contributed by atoms with Crippen LogP contribution in [0, 0.1) is 5.92 Å². The average Bonchev–Trinajstić information content (AvgIpc) is 3.28. The van der Waals surface area contributed by atoms with Gasteiger partial charge in [-0.05, 0) is 18.1 Å². The molecule has 1 unspecified atom stereocenters. The van der Waals surface area contributed by atoms with Crippen molar-refractivity contribution in [2.24, 2.45) is 13.0 Å². The summed E-state index contributed by atoms with van der Waals surface area (Å²) in [6.45, 7) is 4.29. The van der Waals surface area contributed by atoms with Gasteiger partial charge in [0.2, 0.25) is 6.10 Å². The number of fused-ring (bicyclic) bond motifs is 1. The predicted octanol–water partition coefficient (Wildman–Crippen LogP) is 1.66. The first-order valence-electron chi connectivity index (χ1n) is 10.2. The number of anilines is 1. The third-order valence-corrected chi connectivity index (χ3v) is 5.76. The smallest absolute Gasteiger partial charge is 0.332 e. The molecule has 0 fully saturated rings. The topological polar surface area (TPSA) is 144 Å². The van der Waals surface area contributed by atoms with Crippen LogP contribution in [0.3, 0.4) is 0 Å². The van der Waals surface area contributed by atoms with Gasteiger partial charge in [-0.25, -0.2) is 4.79 Å². The number of carbonyl (C=O) groups excluding carboxylic acids is 1. The van der Waals surface area contributed by atoms with Crippen LogP contribution in [0.5, 0.6) is 11.5 Å². The molecule has 1 aliphatic rings. The largest absolute Gasteiger partial charge is 0.485 e. The van der Waals surface area contributed by atoms with Gasteiger partial charge in [0, 0.05) is 13.6 Å². The molecular weight excluding hydrogens is 450 g/mol. The molecule has 12 heteroatoms. The molecule has 1 aliphatic heterocycles. The lowest BCUT2D eigenvalue weighted by atomic mass is 10.2. The Morgan fingerprint density at radius 3 is 2.70 bits per heavy atom. The number of benzene rings is 1. The fourth-order valence-electron chi connectivity index (χ4n) is 3.34. The van der Waals surface area contributed by atoms with Crippen LogP contribution in [0.1, 0.15) is 36.2 Å². The number of nitrogens with zero attached hydrogens (tertiary/aromatic N) is 4. The van der Waals surface area contributed by atoms with Gasteiger partial charge >= 0.3 is 5.69 Å². The fourth-order valence-corrected chi connectivity index (χ4v) is 3.98. The van der Waals surface area contributed by atoms with Crippen molar-refractivity contribution in [3.63, 3.8) is 0 Å². The molecule has 0 aliphatic carbocycles. The van der Waals surface area contributed by atoms with Gasteiger partial charge in [-0.2, -0.15) is 0 Å². The van der Waals surface area contributed by atoms with Crippen LogP contribution >= 0.6 is 11.8 Å². The van der Waals surface area contributed by atoms with Gasteiger partial charge in [0.15, 0.2) is 17.3 Å². The summed E-state index contributed by atoms with van der Waals surface area (Å²) in [5.41, 5.74) is 4.52. The van der Waals surface area contributed by atoms with Gasteiger partial charge in [-0.15, -0.1) is 10.2 Å². The van der Waals surface area contributed by atoms with Crippen LogP contribution in [0.25, 0.3) is 0 Å². The molecule has 4 rings (SSSR count). The molecule has 0 amide bonds. The van der Waals surface area contributed by atoms with Gasteiger partial charge in [0.1, 0.15) is 18.0 Å². The van der Waals surface area contributed by atoms with Crippen molar-refractivity contribution in [3.8, 4) is 11.5 Å². The summed E-state index contributed by atoms with van der Waals surface area (Å²) in [6.07, 6.45) is -0.583. The number of ketones is 1. The number of nitrogens with two attached hydrogens (primary N) is 1. The number of ether oxygens (including phenoxy) is 2. The van der Waals surface area contributed by atoms with E-state index in [1.54, 1.807) is 12.1 Å². The third-order valence-electron chi connectivity index (χ3n) is 4.94. The van der Waals surface area contributed by atoms with E-state index in [1.165, 1.54) is 11.6 Å². The Hall–Kier alpha value is -3.54.